The smallest absolute Gasteiger partial charge is 0.246 e. The Kier molecular flexibility index (Phi) is 27.8. The molecule has 2 aromatic rings. The molecule has 11 amide bonds. The Hall–Kier alpha value is -7.47. The average Bonchev–Trinajstić information content (AvgIpc) is 4.35. The average molecular weight is 1230 g/mol. The van der Waals surface area contributed by atoms with E-state index < -0.39 is 131 Å². The van der Waals surface area contributed by atoms with Gasteiger partial charge >= 0.3 is 0 Å². The van der Waals surface area contributed by atoms with Gasteiger partial charge in [0.25, 0.3) is 0 Å². The standard InChI is InChI=1S/C64H99N13O11/c1-36(2)32-46-57(81)72-48(34-41-18-12-11-13-19-41)63(87)76-30-16-22-50(76)59(83)74-52(38(5)6)61(85)69-45(21-15-29-66)56(80)71-47(33-37(3)4)58(82)73-49(35-42-24-26-43(27-25-42)67-54(78)40(9)10)64(88)77-31-17-23-51(77)60(84)75-53(39(7)8)62(86)68-44(20-14-28-65)55(79)70-46/h11-13,18-19,24-27,36-40,44-53H,14-17,20-23,28-35,65-66H2,1-10H3,(H,67,78)(H,68,86)(H,69,85)(H,70,79)(H,71,80)(H,72,81)(H,73,82)(H,74,83)(H,75,84)/t44-,45-,46-,47-,48-,49-,50-,51-,52-,53-/m0/s1. The number of anilines is 1. The number of carbonyl (C=O) groups is 11. The number of carbonyl (C=O) groups excluding carboxylic acids is 11. The maximum absolute atomic E-state index is 15.1. The van der Waals surface area contributed by atoms with Gasteiger partial charge < -0.3 is 69.1 Å². The van der Waals surface area contributed by atoms with Crippen LogP contribution >= 0.6 is 0 Å². The van der Waals surface area contributed by atoms with Crippen molar-refractivity contribution in [1.82, 2.24) is 52.3 Å². The number of nitrogens with zero attached hydrogens (tertiary/aromatic N) is 2. The number of hydrogen-bond donors (Lipinski definition) is 11. The van der Waals surface area contributed by atoms with Crippen molar-refractivity contribution in [3.05, 3.63) is 65.7 Å². The molecule has 3 aliphatic rings. The molecule has 0 aromatic heterocycles. The molecule has 0 unspecified atom stereocenters. The molecule has 3 heterocycles. The molecule has 0 aliphatic carbocycles. The van der Waals surface area contributed by atoms with Gasteiger partial charge in [-0.1, -0.05) is 112 Å². The molecule has 0 radical (unpaired) electrons. The Labute approximate surface area is 518 Å². The number of fused-ring (bicyclic) bond motifs is 2. The number of rotatable bonds is 18. The minimum atomic E-state index is -1.32. The van der Waals surface area contributed by atoms with Crippen LogP contribution in [0.15, 0.2) is 54.6 Å². The molecule has 5 rings (SSSR count). The van der Waals surface area contributed by atoms with Gasteiger partial charge in [-0.2, -0.15) is 0 Å². The predicted octanol–water partition coefficient (Wildman–Crippen LogP) is 1.82. The highest BCUT2D eigenvalue weighted by Crippen LogP contribution is 2.24. The van der Waals surface area contributed by atoms with E-state index in [2.05, 4.69) is 47.9 Å². The van der Waals surface area contributed by atoms with E-state index in [9.17, 15) is 47.9 Å². The number of nitrogens with one attached hydrogen (secondary N) is 9. The van der Waals surface area contributed by atoms with Crippen LogP contribution in [0.25, 0.3) is 0 Å². The molecule has 24 heteroatoms. The van der Waals surface area contributed by atoms with Crippen molar-refractivity contribution in [3.8, 4) is 0 Å². The summed E-state index contributed by atoms with van der Waals surface area (Å²) >= 11 is 0. The summed E-state index contributed by atoms with van der Waals surface area (Å²) in [5, 5.41) is 25.7. The van der Waals surface area contributed by atoms with Crippen molar-refractivity contribution in [3.63, 3.8) is 0 Å². The molecular formula is C64H99N13O11. The van der Waals surface area contributed by atoms with Crippen LogP contribution in [0.1, 0.15) is 145 Å². The Morgan fingerprint density at radius 1 is 0.466 bits per heavy atom. The van der Waals surface area contributed by atoms with E-state index in [0.29, 0.717) is 29.7 Å². The Morgan fingerprint density at radius 3 is 1.19 bits per heavy atom. The van der Waals surface area contributed by atoms with Crippen molar-refractivity contribution in [2.75, 3.05) is 31.5 Å². The van der Waals surface area contributed by atoms with E-state index in [-0.39, 0.29) is 114 Å². The maximum Gasteiger partial charge on any atom is 0.246 e. The molecule has 0 spiro atoms. The lowest BCUT2D eigenvalue weighted by atomic mass is 9.98. The van der Waals surface area contributed by atoms with Crippen molar-refractivity contribution < 1.29 is 52.7 Å². The first-order chi connectivity index (χ1) is 41.7. The molecule has 13 N–H and O–H groups in total. The van der Waals surface area contributed by atoms with Crippen LogP contribution in [-0.2, 0) is 65.6 Å². The first-order valence-electron chi connectivity index (χ1n) is 31.6. The van der Waals surface area contributed by atoms with Crippen LogP contribution in [0.4, 0.5) is 5.69 Å². The van der Waals surface area contributed by atoms with Crippen molar-refractivity contribution in [1.29, 1.82) is 0 Å². The first-order valence-corrected chi connectivity index (χ1v) is 31.6. The molecule has 10 atom stereocenters. The normalized spacial score (nSPS) is 25.6. The second-order valence-electron chi connectivity index (χ2n) is 25.6. The SMILES string of the molecule is CC(C)C[C@@H]1NC(=O)[C@H](CCCN)NC(=O)[C@H](C(C)C)NC(=O)[C@@H]2CCCN2C(=O)[C@H](Cc2ccccc2)NC(=O)[C@H](CC(C)C)NC(=O)[C@H](CCCN)NC(=O)[C@H](C(C)C)NC(=O)[C@@H]2CCCN2C(=O)[C@H](Cc2ccc(NC(=O)C(C)C)cc2)NC1=O. The molecule has 3 saturated heterocycles. The van der Waals surface area contributed by atoms with Gasteiger partial charge in [-0.05, 0) is 124 Å². The molecule has 486 valence electrons. The summed E-state index contributed by atoms with van der Waals surface area (Å²) in [6, 6.07) is 3.61. The van der Waals surface area contributed by atoms with E-state index in [1.165, 1.54) is 9.80 Å². The van der Waals surface area contributed by atoms with Crippen LogP contribution in [0.2, 0.25) is 0 Å². The molecule has 0 saturated carbocycles. The first kappa shape index (κ1) is 71.3. The van der Waals surface area contributed by atoms with Gasteiger partial charge in [-0.3, -0.25) is 52.7 Å². The number of benzene rings is 2. The lowest BCUT2D eigenvalue weighted by Gasteiger charge is -2.33. The minimum absolute atomic E-state index is 0.0164. The Balaban J connectivity index is 1.60. The van der Waals surface area contributed by atoms with E-state index in [1.54, 1.807) is 90.1 Å². The zero-order valence-corrected chi connectivity index (χ0v) is 53.2. The maximum atomic E-state index is 15.1. The van der Waals surface area contributed by atoms with Gasteiger partial charge in [-0.25, -0.2) is 0 Å². The van der Waals surface area contributed by atoms with Gasteiger partial charge in [0, 0.05) is 37.5 Å². The summed E-state index contributed by atoms with van der Waals surface area (Å²) in [7, 11) is 0. The van der Waals surface area contributed by atoms with Crippen LogP contribution in [0.5, 0.6) is 0 Å². The highest BCUT2D eigenvalue weighted by Gasteiger charge is 2.43. The van der Waals surface area contributed by atoms with Crippen LogP contribution in [0, 0.1) is 29.6 Å². The fourth-order valence-electron chi connectivity index (χ4n) is 11.3. The van der Waals surface area contributed by atoms with Crippen molar-refractivity contribution >= 4 is 70.7 Å². The third-order valence-electron chi connectivity index (χ3n) is 16.2. The van der Waals surface area contributed by atoms with Gasteiger partial charge in [0.1, 0.15) is 60.4 Å². The van der Waals surface area contributed by atoms with Crippen LogP contribution < -0.4 is 59.3 Å². The molecule has 3 aliphatic heterocycles. The lowest BCUT2D eigenvalue weighted by Crippen LogP contribution is -2.62. The van der Waals surface area contributed by atoms with E-state index >= 15 is 4.79 Å². The zero-order valence-electron chi connectivity index (χ0n) is 53.2. The van der Waals surface area contributed by atoms with Gasteiger partial charge in [-0.15, -0.1) is 0 Å². The summed E-state index contributed by atoms with van der Waals surface area (Å²) in [5.41, 5.74) is 13.7. The van der Waals surface area contributed by atoms with Crippen molar-refractivity contribution in [2.24, 2.45) is 41.1 Å². The number of hydrogen-bond acceptors (Lipinski definition) is 13. The molecule has 0 bridgehead atoms. The quantitative estimate of drug-likeness (QED) is 0.102. The molecular weight excluding hydrogens is 1130 g/mol. The zero-order chi connectivity index (χ0) is 64.9. The summed E-state index contributed by atoms with van der Waals surface area (Å²) < 4.78 is 0. The fourth-order valence-corrected chi connectivity index (χ4v) is 11.3. The summed E-state index contributed by atoms with van der Waals surface area (Å²) in [4.78, 5) is 162. The monoisotopic (exact) mass is 1230 g/mol. The topological polar surface area (TPSA) is 355 Å². The summed E-state index contributed by atoms with van der Waals surface area (Å²) in [6.07, 6.45) is 2.07. The van der Waals surface area contributed by atoms with Gasteiger partial charge in [0.05, 0.1) is 0 Å². The molecule has 2 aromatic carbocycles. The van der Waals surface area contributed by atoms with Gasteiger partial charge in [0.15, 0.2) is 0 Å². The minimum Gasteiger partial charge on any atom is -0.343 e. The lowest BCUT2D eigenvalue weighted by molar-refractivity contribution is -0.143. The highest BCUT2D eigenvalue weighted by atomic mass is 16.2. The molecule has 3 fully saturated rings. The largest absolute Gasteiger partial charge is 0.343 e. The highest BCUT2D eigenvalue weighted by molar-refractivity contribution is 6.00. The third-order valence-corrected chi connectivity index (χ3v) is 16.2. The number of nitrogens with two attached hydrogens (primary N) is 2. The Morgan fingerprint density at radius 2 is 0.830 bits per heavy atom. The second kappa shape index (κ2) is 34.3. The van der Waals surface area contributed by atoms with E-state index in [1.807, 2.05) is 33.8 Å². The van der Waals surface area contributed by atoms with Crippen molar-refractivity contribution in [2.45, 2.75) is 207 Å². The van der Waals surface area contributed by atoms with Crippen LogP contribution in [-0.4, -0.2) is 161 Å². The molecule has 24 nitrogen and oxygen atoms in total. The predicted molar refractivity (Wildman–Crippen MR) is 334 cm³/mol. The fraction of sp³-hybridized carbons (Fsp3) is 0.641. The number of amides is 11. The van der Waals surface area contributed by atoms with E-state index in [4.69, 9.17) is 11.5 Å². The third kappa shape index (κ3) is 20.8. The van der Waals surface area contributed by atoms with Crippen LogP contribution in [0.3, 0.4) is 0 Å². The van der Waals surface area contributed by atoms with E-state index in [0.717, 1.165) is 0 Å². The Bertz CT molecular complexity index is 2720. The van der Waals surface area contributed by atoms with Gasteiger partial charge in [0.2, 0.25) is 65.0 Å². The summed E-state index contributed by atoms with van der Waals surface area (Å²) in [5.74, 6) is -8.65. The molecule has 88 heavy (non-hydrogen) atoms. The second-order valence-corrected chi connectivity index (χ2v) is 25.6. The summed E-state index contributed by atoms with van der Waals surface area (Å²) in [6.45, 7) is 18.4.